The van der Waals surface area contributed by atoms with E-state index in [1.165, 1.54) is 0 Å². The Hall–Kier alpha value is -1.75. The van der Waals surface area contributed by atoms with Gasteiger partial charge in [-0.3, -0.25) is 4.68 Å². The first-order chi connectivity index (χ1) is 9.78. The van der Waals surface area contributed by atoms with Crippen LogP contribution >= 0.6 is 0 Å². The van der Waals surface area contributed by atoms with E-state index in [4.69, 9.17) is 4.98 Å². The first-order valence-corrected chi connectivity index (χ1v) is 7.36. The number of nitrogens with one attached hydrogen (secondary N) is 1. The fourth-order valence-corrected chi connectivity index (χ4v) is 2.79. The number of piperidine rings is 1. The molecule has 5 nitrogen and oxygen atoms in total. The van der Waals surface area contributed by atoms with Crippen LogP contribution in [0.25, 0.3) is 11.4 Å². The van der Waals surface area contributed by atoms with Gasteiger partial charge in [0.25, 0.3) is 0 Å². The number of aryl methyl sites for hydroxylation is 2. The average Bonchev–Trinajstić information content (AvgIpc) is 2.96. The minimum atomic E-state index is 0.480. The highest BCUT2D eigenvalue weighted by atomic mass is 15.3. The molecular formula is C15H21N5. The molecule has 0 atom stereocenters. The Morgan fingerprint density at radius 3 is 2.85 bits per heavy atom. The van der Waals surface area contributed by atoms with Gasteiger partial charge in [-0.05, 0) is 51.9 Å². The van der Waals surface area contributed by atoms with Gasteiger partial charge >= 0.3 is 0 Å². The van der Waals surface area contributed by atoms with Crippen LogP contribution < -0.4 is 5.32 Å². The monoisotopic (exact) mass is 271 g/mol. The second-order valence-corrected chi connectivity index (χ2v) is 5.31. The van der Waals surface area contributed by atoms with Crippen molar-refractivity contribution in [2.45, 2.75) is 39.2 Å². The summed E-state index contributed by atoms with van der Waals surface area (Å²) in [5.74, 6) is 1.47. The van der Waals surface area contributed by atoms with Crippen LogP contribution in [0.3, 0.4) is 0 Å². The normalized spacial score (nSPS) is 16.5. The molecule has 2 aromatic heterocycles. The third-order valence-electron chi connectivity index (χ3n) is 3.85. The van der Waals surface area contributed by atoms with Gasteiger partial charge in [0, 0.05) is 24.4 Å². The zero-order valence-electron chi connectivity index (χ0n) is 12.1. The lowest BCUT2D eigenvalue weighted by molar-refractivity contribution is 0.444. The molecule has 2 aromatic rings. The molecule has 106 valence electrons. The largest absolute Gasteiger partial charge is 0.317 e. The maximum absolute atomic E-state index is 4.81. The highest BCUT2D eigenvalue weighted by Crippen LogP contribution is 2.25. The summed E-state index contributed by atoms with van der Waals surface area (Å²) in [5, 5.41) is 7.72. The number of rotatable bonds is 3. The summed E-state index contributed by atoms with van der Waals surface area (Å²) in [7, 11) is 0. The van der Waals surface area contributed by atoms with Crippen LogP contribution in [0.5, 0.6) is 0 Å². The predicted octanol–water partition coefficient (Wildman–Crippen LogP) is 2.14. The van der Waals surface area contributed by atoms with E-state index in [1.54, 1.807) is 0 Å². The van der Waals surface area contributed by atoms with Gasteiger partial charge in [0.15, 0.2) is 0 Å². The lowest BCUT2D eigenvalue weighted by Gasteiger charge is -2.22. The number of nitrogens with zero attached hydrogens (tertiary/aromatic N) is 4. The molecule has 0 aromatic carbocycles. The molecule has 1 fully saturated rings. The van der Waals surface area contributed by atoms with Gasteiger partial charge in [-0.1, -0.05) is 0 Å². The average molecular weight is 271 g/mol. The second kappa shape index (κ2) is 5.71. The summed E-state index contributed by atoms with van der Waals surface area (Å²) in [6, 6.07) is 4.07. The molecule has 20 heavy (non-hydrogen) atoms. The van der Waals surface area contributed by atoms with Crippen molar-refractivity contribution in [3.63, 3.8) is 0 Å². The van der Waals surface area contributed by atoms with Crippen molar-refractivity contribution >= 4 is 0 Å². The first kappa shape index (κ1) is 13.2. The van der Waals surface area contributed by atoms with Gasteiger partial charge in [0.05, 0.1) is 11.4 Å². The predicted molar refractivity (Wildman–Crippen MR) is 78.5 cm³/mol. The van der Waals surface area contributed by atoms with Gasteiger partial charge in [0.1, 0.15) is 5.82 Å². The van der Waals surface area contributed by atoms with Crippen LogP contribution in [-0.2, 0) is 6.54 Å². The smallest absolute Gasteiger partial charge is 0.132 e. The molecule has 0 radical (unpaired) electrons. The van der Waals surface area contributed by atoms with Crippen molar-refractivity contribution in [1.29, 1.82) is 0 Å². The van der Waals surface area contributed by atoms with Crippen LogP contribution in [0.1, 0.15) is 37.2 Å². The van der Waals surface area contributed by atoms with Gasteiger partial charge in [-0.15, -0.1) is 0 Å². The number of hydrogen-bond donors (Lipinski definition) is 1. The van der Waals surface area contributed by atoms with Gasteiger partial charge < -0.3 is 5.32 Å². The molecule has 0 spiro atoms. The summed E-state index contributed by atoms with van der Waals surface area (Å²) >= 11 is 0. The molecule has 0 amide bonds. The minimum Gasteiger partial charge on any atom is -0.317 e. The van der Waals surface area contributed by atoms with Crippen molar-refractivity contribution in [3.05, 3.63) is 29.8 Å². The summed E-state index contributed by atoms with van der Waals surface area (Å²) in [6.07, 6.45) is 4.08. The fourth-order valence-electron chi connectivity index (χ4n) is 2.79. The van der Waals surface area contributed by atoms with Crippen LogP contribution in [-0.4, -0.2) is 32.8 Å². The van der Waals surface area contributed by atoms with Crippen molar-refractivity contribution in [2.24, 2.45) is 0 Å². The standard InChI is InChI=1S/C15H21N5/c1-3-20-14(6-9-17-20)13-10-11(2)18-15(19-13)12-4-7-16-8-5-12/h6,9-10,12,16H,3-5,7-8H2,1-2H3. The topological polar surface area (TPSA) is 55.6 Å². The fraction of sp³-hybridized carbons (Fsp3) is 0.533. The van der Waals surface area contributed by atoms with E-state index >= 15 is 0 Å². The number of hydrogen-bond acceptors (Lipinski definition) is 4. The summed E-state index contributed by atoms with van der Waals surface area (Å²) in [6.45, 7) is 7.11. The summed E-state index contributed by atoms with van der Waals surface area (Å²) < 4.78 is 1.98. The maximum atomic E-state index is 4.81. The second-order valence-electron chi connectivity index (χ2n) is 5.31. The summed E-state index contributed by atoms with van der Waals surface area (Å²) in [4.78, 5) is 9.46. The van der Waals surface area contributed by atoms with E-state index in [-0.39, 0.29) is 0 Å². The van der Waals surface area contributed by atoms with Crippen molar-refractivity contribution in [1.82, 2.24) is 25.1 Å². The van der Waals surface area contributed by atoms with E-state index in [0.717, 1.165) is 55.4 Å². The molecule has 1 saturated heterocycles. The third-order valence-corrected chi connectivity index (χ3v) is 3.85. The zero-order chi connectivity index (χ0) is 13.9. The Labute approximate surface area is 119 Å². The molecule has 1 aliphatic heterocycles. The van der Waals surface area contributed by atoms with Gasteiger partial charge in [-0.25, -0.2) is 9.97 Å². The zero-order valence-corrected chi connectivity index (χ0v) is 12.1. The van der Waals surface area contributed by atoms with Gasteiger partial charge in [0.2, 0.25) is 0 Å². The van der Waals surface area contributed by atoms with Crippen LogP contribution in [0.4, 0.5) is 0 Å². The molecule has 0 aliphatic carbocycles. The van der Waals surface area contributed by atoms with Crippen molar-refractivity contribution in [3.8, 4) is 11.4 Å². The van der Waals surface area contributed by atoms with E-state index in [9.17, 15) is 0 Å². The third kappa shape index (κ3) is 2.58. The molecule has 1 aliphatic rings. The van der Waals surface area contributed by atoms with Gasteiger partial charge in [-0.2, -0.15) is 5.10 Å². The maximum Gasteiger partial charge on any atom is 0.132 e. The Morgan fingerprint density at radius 1 is 1.30 bits per heavy atom. The quantitative estimate of drug-likeness (QED) is 0.929. The molecule has 3 heterocycles. The molecular weight excluding hydrogens is 250 g/mol. The van der Waals surface area contributed by atoms with E-state index in [0.29, 0.717) is 5.92 Å². The van der Waals surface area contributed by atoms with Crippen LogP contribution in [0.2, 0.25) is 0 Å². The lowest BCUT2D eigenvalue weighted by atomic mass is 9.97. The molecule has 0 saturated carbocycles. The molecule has 0 bridgehead atoms. The van der Waals surface area contributed by atoms with Crippen LogP contribution in [0.15, 0.2) is 18.3 Å². The SMILES string of the molecule is CCn1nccc1-c1cc(C)nc(C2CCNCC2)n1. The summed E-state index contributed by atoms with van der Waals surface area (Å²) in [5.41, 5.74) is 3.10. The van der Waals surface area contributed by atoms with Crippen molar-refractivity contribution < 1.29 is 0 Å². The Balaban J connectivity index is 1.98. The minimum absolute atomic E-state index is 0.480. The number of aromatic nitrogens is 4. The molecule has 0 unspecified atom stereocenters. The van der Waals surface area contributed by atoms with E-state index < -0.39 is 0 Å². The highest BCUT2D eigenvalue weighted by molar-refractivity contribution is 5.54. The van der Waals surface area contributed by atoms with Crippen LogP contribution in [0, 0.1) is 6.92 Å². The van der Waals surface area contributed by atoms with E-state index in [1.807, 2.05) is 29.9 Å². The molecule has 5 heteroatoms. The molecule has 1 N–H and O–H groups in total. The lowest BCUT2D eigenvalue weighted by Crippen LogP contribution is -2.27. The highest BCUT2D eigenvalue weighted by Gasteiger charge is 2.19. The Kier molecular flexibility index (Phi) is 3.78. The van der Waals surface area contributed by atoms with E-state index in [2.05, 4.69) is 22.3 Å². The first-order valence-electron chi connectivity index (χ1n) is 7.36. The Morgan fingerprint density at radius 2 is 2.10 bits per heavy atom. The molecule has 3 rings (SSSR count). The Bertz CT molecular complexity index is 584. The van der Waals surface area contributed by atoms with Crippen molar-refractivity contribution in [2.75, 3.05) is 13.1 Å².